The van der Waals surface area contributed by atoms with E-state index in [1.807, 2.05) is 61.5 Å². The molecule has 0 spiro atoms. The fraction of sp³-hybridized carbons (Fsp3) is 0.0417. The van der Waals surface area contributed by atoms with Crippen molar-refractivity contribution in [1.29, 1.82) is 0 Å². The van der Waals surface area contributed by atoms with Gasteiger partial charge in [-0.25, -0.2) is 4.68 Å². The second-order valence-corrected chi connectivity index (χ2v) is 6.93. The fourth-order valence-corrected chi connectivity index (χ4v) is 3.09. The summed E-state index contributed by atoms with van der Waals surface area (Å²) in [6.45, 7) is 2.01. The SMILES string of the molecule is Cc1ccc(-c2nn(-c3ccccc3)cc2C(=O)Nc2ccc(C(N)=O)cc2)cc1. The summed E-state index contributed by atoms with van der Waals surface area (Å²) in [6.07, 6.45) is 1.72. The van der Waals surface area contributed by atoms with Gasteiger partial charge in [0.1, 0.15) is 5.69 Å². The zero-order valence-electron chi connectivity index (χ0n) is 16.4. The number of amides is 2. The van der Waals surface area contributed by atoms with Gasteiger partial charge in [0.2, 0.25) is 5.91 Å². The minimum Gasteiger partial charge on any atom is -0.366 e. The summed E-state index contributed by atoms with van der Waals surface area (Å²) >= 11 is 0. The van der Waals surface area contributed by atoms with Crippen LogP contribution in [0.25, 0.3) is 16.9 Å². The number of rotatable bonds is 5. The number of para-hydroxylation sites is 1. The molecule has 148 valence electrons. The molecule has 0 radical (unpaired) electrons. The van der Waals surface area contributed by atoms with E-state index in [0.29, 0.717) is 22.5 Å². The molecule has 4 aromatic rings. The van der Waals surface area contributed by atoms with E-state index in [0.717, 1.165) is 16.8 Å². The molecule has 1 aromatic heterocycles. The molecule has 0 aliphatic heterocycles. The normalized spacial score (nSPS) is 10.6. The Labute approximate surface area is 174 Å². The Kier molecular flexibility index (Phi) is 5.13. The van der Waals surface area contributed by atoms with Gasteiger partial charge >= 0.3 is 0 Å². The van der Waals surface area contributed by atoms with Crippen molar-refractivity contribution in [2.45, 2.75) is 6.92 Å². The van der Waals surface area contributed by atoms with Gasteiger partial charge in [0.15, 0.2) is 0 Å². The maximum absolute atomic E-state index is 13.1. The van der Waals surface area contributed by atoms with Crippen molar-refractivity contribution in [2.24, 2.45) is 5.73 Å². The predicted molar refractivity (Wildman–Crippen MR) is 117 cm³/mol. The Morgan fingerprint density at radius 1 is 0.900 bits per heavy atom. The van der Waals surface area contributed by atoms with Crippen LogP contribution < -0.4 is 11.1 Å². The first kappa shape index (κ1) is 19.1. The molecule has 6 nitrogen and oxygen atoms in total. The zero-order valence-corrected chi connectivity index (χ0v) is 16.4. The molecule has 30 heavy (non-hydrogen) atoms. The number of primary amides is 1. The highest BCUT2D eigenvalue weighted by atomic mass is 16.2. The Morgan fingerprint density at radius 2 is 1.57 bits per heavy atom. The molecule has 1 heterocycles. The topological polar surface area (TPSA) is 90.0 Å². The van der Waals surface area contributed by atoms with Crippen molar-refractivity contribution in [3.8, 4) is 16.9 Å². The van der Waals surface area contributed by atoms with E-state index in [2.05, 4.69) is 10.4 Å². The van der Waals surface area contributed by atoms with Crippen molar-refractivity contribution in [3.63, 3.8) is 0 Å². The van der Waals surface area contributed by atoms with E-state index in [1.165, 1.54) is 0 Å². The molecule has 0 atom stereocenters. The van der Waals surface area contributed by atoms with E-state index in [-0.39, 0.29) is 5.91 Å². The minimum absolute atomic E-state index is 0.292. The first-order chi connectivity index (χ1) is 14.5. The summed E-state index contributed by atoms with van der Waals surface area (Å²) in [5.74, 6) is -0.807. The third kappa shape index (κ3) is 3.98. The second-order valence-electron chi connectivity index (χ2n) is 6.93. The largest absolute Gasteiger partial charge is 0.366 e. The standard InChI is InChI=1S/C24H20N4O2/c1-16-7-9-17(10-8-16)22-21(15-28(27-22)20-5-3-2-4-6-20)24(30)26-19-13-11-18(12-14-19)23(25)29/h2-15H,1H3,(H2,25,29)(H,26,30). The molecule has 3 aromatic carbocycles. The molecule has 0 aliphatic carbocycles. The van der Waals surface area contributed by atoms with Crippen molar-refractivity contribution in [3.05, 3.63) is 102 Å². The van der Waals surface area contributed by atoms with E-state index < -0.39 is 5.91 Å². The number of nitrogens with one attached hydrogen (secondary N) is 1. The highest BCUT2D eigenvalue weighted by Gasteiger charge is 2.19. The number of benzene rings is 3. The molecule has 0 saturated heterocycles. The Morgan fingerprint density at radius 3 is 2.20 bits per heavy atom. The summed E-state index contributed by atoms with van der Waals surface area (Å²) < 4.78 is 1.69. The average Bonchev–Trinajstić information content (AvgIpc) is 3.21. The van der Waals surface area contributed by atoms with E-state index in [1.54, 1.807) is 35.1 Å². The Hall–Kier alpha value is -4.19. The molecule has 0 bridgehead atoms. The van der Waals surface area contributed by atoms with Gasteiger partial charge in [-0.15, -0.1) is 0 Å². The average molecular weight is 396 g/mol. The van der Waals surface area contributed by atoms with Gasteiger partial charge in [-0.1, -0.05) is 48.0 Å². The van der Waals surface area contributed by atoms with Crippen molar-refractivity contribution in [1.82, 2.24) is 9.78 Å². The van der Waals surface area contributed by atoms with Crippen LogP contribution in [0.4, 0.5) is 5.69 Å². The summed E-state index contributed by atoms with van der Waals surface area (Å²) in [4.78, 5) is 24.3. The highest BCUT2D eigenvalue weighted by molar-refractivity contribution is 6.08. The van der Waals surface area contributed by atoms with Crippen LogP contribution in [0.1, 0.15) is 26.3 Å². The number of aromatic nitrogens is 2. The van der Waals surface area contributed by atoms with Crippen molar-refractivity contribution < 1.29 is 9.59 Å². The number of anilines is 1. The van der Waals surface area contributed by atoms with Crippen LogP contribution >= 0.6 is 0 Å². The number of aryl methyl sites for hydroxylation is 1. The monoisotopic (exact) mass is 396 g/mol. The van der Waals surface area contributed by atoms with Gasteiger partial charge in [-0.3, -0.25) is 9.59 Å². The van der Waals surface area contributed by atoms with Gasteiger partial charge in [-0.05, 0) is 43.3 Å². The molecule has 4 rings (SSSR count). The molecule has 0 saturated carbocycles. The first-order valence-electron chi connectivity index (χ1n) is 9.44. The Bertz CT molecular complexity index is 1190. The molecular weight excluding hydrogens is 376 g/mol. The van der Waals surface area contributed by atoms with Crippen LogP contribution in [0.15, 0.2) is 85.1 Å². The molecule has 6 heteroatoms. The molecule has 0 unspecified atom stereocenters. The lowest BCUT2D eigenvalue weighted by Gasteiger charge is -2.06. The minimum atomic E-state index is -0.515. The Balaban J connectivity index is 1.71. The lowest BCUT2D eigenvalue weighted by Crippen LogP contribution is -2.13. The van der Waals surface area contributed by atoms with Crippen LogP contribution in [0.2, 0.25) is 0 Å². The van der Waals surface area contributed by atoms with Crippen molar-refractivity contribution >= 4 is 17.5 Å². The van der Waals surface area contributed by atoms with Gasteiger partial charge < -0.3 is 11.1 Å². The lowest BCUT2D eigenvalue weighted by molar-refractivity contribution is 0.0998. The zero-order chi connectivity index (χ0) is 21.1. The highest BCUT2D eigenvalue weighted by Crippen LogP contribution is 2.25. The lowest BCUT2D eigenvalue weighted by atomic mass is 10.1. The van der Waals surface area contributed by atoms with Gasteiger partial charge in [-0.2, -0.15) is 5.10 Å². The smallest absolute Gasteiger partial charge is 0.259 e. The number of hydrogen-bond acceptors (Lipinski definition) is 3. The summed E-state index contributed by atoms with van der Waals surface area (Å²) in [5, 5.41) is 7.54. The number of nitrogens with two attached hydrogens (primary N) is 1. The molecule has 0 aliphatic rings. The summed E-state index contributed by atoms with van der Waals surface area (Å²) in [6, 6.07) is 23.9. The quantitative estimate of drug-likeness (QED) is 0.530. The fourth-order valence-electron chi connectivity index (χ4n) is 3.09. The van der Waals surface area contributed by atoms with E-state index in [4.69, 9.17) is 5.73 Å². The van der Waals surface area contributed by atoms with E-state index in [9.17, 15) is 9.59 Å². The number of nitrogens with zero attached hydrogens (tertiary/aromatic N) is 2. The third-order valence-corrected chi connectivity index (χ3v) is 4.73. The maximum Gasteiger partial charge on any atom is 0.259 e. The van der Waals surface area contributed by atoms with Crippen LogP contribution in [0, 0.1) is 6.92 Å². The van der Waals surface area contributed by atoms with Crippen LogP contribution in [-0.2, 0) is 0 Å². The van der Waals surface area contributed by atoms with Gasteiger partial charge in [0.25, 0.3) is 5.91 Å². The van der Waals surface area contributed by atoms with Gasteiger partial charge in [0.05, 0.1) is 11.3 Å². The van der Waals surface area contributed by atoms with Gasteiger partial charge in [0, 0.05) is 23.0 Å². The molecule has 0 fully saturated rings. The van der Waals surface area contributed by atoms with Crippen LogP contribution in [-0.4, -0.2) is 21.6 Å². The second kappa shape index (κ2) is 8.05. The number of carbonyl (C=O) groups is 2. The van der Waals surface area contributed by atoms with Crippen LogP contribution in [0.5, 0.6) is 0 Å². The number of hydrogen-bond donors (Lipinski definition) is 2. The first-order valence-corrected chi connectivity index (χ1v) is 9.44. The maximum atomic E-state index is 13.1. The summed E-state index contributed by atoms with van der Waals surface area (Å²) in [7, 11) is 0. The number of carbonyl (C=O) groups excluding carboxylic acids is 2. The van der Waals surface area contributed by atoms with Crippen molar-refractivity contribution in [2.75, 3.05) is 5.32 Å². The summed E-state index contributed by atoms with van der Waals surface area (Å²) in [5.41, 5.74) is 10.1. The van der Waals surface area contributed by atoms with E-state index >= 15 is 0 Å². The van der Waals surface area contributed by atoms with Crippen LogP contribution in [0.3, 0.4) is 0 Å². The molecule has 2 amide bonds. The molecule has 3 N–H and O–H groups in total. The predicted octanol–water partition coefficient (Wildman–Crippen LogP) is 4.20. The third-order valence-electron chi connectivity index (χ3n) is 4.73. The molecular formula is C24H20N4O2.